The Labute approximate surface area is 169 Å². The number of hydrogen-bond donors (Lipinski definition) is 1. The average Bonchev–Trinajstić information content (AvgIpc) is 2.64. The van der Waals surface area contributed by atoms with Crippen molar-refractivity contribution in [3.8, 4) is 0 Å². The predicted molar refractivity (Wildman–Crippen MR) is 115 cm³/mol. The molecule has 0 atom stereocenters. The fourth-order valence-electron chi connectivity index (χ4n) is 2.74. The number of anilines is 1. The standard InChI is InChI=1S/C18H31N5O.HI/c1-4-6-10-22(3)18(19-5-2)21-15-16-8-7-9-20-17(16)23-11-13-24-14-12-23;/h7-9H,4-6,10-15H2,1-3H3,(H,19,21);1H. The molecule has 1 aliphatic rings. The van der Waals surface area contributed by atoms with Crippen LogP contribution in [0.5, 0.6) is 0 Å². The van der Waals surface area contributed by atoms with Gasteiger partial charge in [0, 0.05) is 45.0 Å². The first-order valence-corrected chi connectivity index (χ1v) is 9.02. The summed E-state index contributed by atoms with van der Waals surface area (Å²) in [4.78, 5) is 13.9. The summed E-state index contributed by atoms with van der Waals surface area (Å²) >= 11 is 0. The maximum atomic E-state index is 5.45. The van der Waals surface area contributed by atoms with Crippen LogP contribution in [-0.2, 0) is 11.3 Å². The lowest BCUT2D eigenvalue weighted by Gasteiger charge is -2.29. The molecule has 1 aromatic rings. The molecule has 1 aliphatic heterocycles. The van der Waals surface area contributed by atoms with E-state index in [9.17, 15) is 0 Å². The van der Waals surface area contributed by atoms with E-state index in [1.807, 2.05) is 12.3 Å². The van der Waals surface area contributed by atoms with E-state index in [1.54, 1.807) is 0 Å². The van der Waals surface area contributed by atoms with E-state index in [0.717, 1.165) is 51.2 Å². The van der Waals surface area contributed by atoms with Crippen molar-refractivity contribution in [3.05, 3.63) is 23.9 Å². The lowest BCUT2D eigenvalue weighted by Crippen LogP contribution is -2.39. The van der Waals surface area contributed by atoms with Crippen LogP contribution in [0.1, 0.15) is 32.3 Å². The van der Waals surface area contributed by atoms with Gasteiger partial charge in [-0.15, -0.1) is 24.0 Å². The highest BCUT2D eigenvalue weighted by molar-refractivity contribution is 14.0. The first-order valence-electron chi connectivity index (χ1n) is 9.02. The van der Waals surface area contributed by atoms with Crippen molar-refractivity contribution in [2.75, 3.05) is 51.3 Å². The second-order valence-corrected chi connectivity index (χ2v) is 6.03. The number of aliphatic imine (C=N–C) groups is 1. The van der Waals surface area contributed by atoms with Crippen molar-refractivity contribution in [2.45, 2.75) is 33.2 Å². The summed E-state index contributed by atoms with van der Waals surface area (Å²) in [6.45, 7) is 10.2. The average molecular weight is 461 g/mol. The van der Waals surface area contributed by atoms with Crippen LogP contribution >= 0.6 is 24.0 Å². The number of halogens is 1. The highest BCUT2D eigenvalue weighted by Gasteiger charge is 2.15. The molecule has 0 bridgehead atoms. The summed E-state index contributed by atoms with van der Waals surface area (Å²) < 4.78 is 5.45. The third-order valence-corrected chi connectivity index (χ3v) is 4.12. The Morgan fingerprint density at radius 1 is 1.36 bits per heavy atom. The maximum absolute atomic E-state index is 5.45. The summed E-state index contributed by atoms with van der Waals surface area (Å²) in [5, 5.41) is 3.38. The van der Waals surface area contributed by atoms with Crippen LogP contribution in [-0.4, -0.2) is 62.3 Å². The Morgan fingerprint density at radius 2 is 2.12 bits per heavy atom. The van der Waals surface area contributed by atoms with Crippen LogP contribution in [0.4, 0.5) is 5.82 Å². The molecular formula is C18H32IN5O. The van der Waals surface area contributed by atoms with E-state index in [-0.39, 0.29) is 24.0 Å². The number of morpholine rings is 1. The zero-order valence-electron chi connectivity index (χ0n) is 15.7. The molecular weight excluding hydrogens is 429 g/mol. The minimum atomic E-state index is 0. The lowest BCUT2D eigenvalue weighted by molar-refractivity contribution is 0.122. The normalized spacial score (nSPS) is 14.8. The molecule has 1 fully saturated rings. The number of ether oxygens (including phenoxy) is 1. The molecule has 0 amide bonds. The van der Waals surface area contributed by atoms with Crippen molar-refractivity contribution in [1.82, 2.24) is 15.2 Å². The maximum Gasteiger partial charge on any atom is 0.193 e. The fourth-order valence-corrected chi connectivity index (χ4v) is 2.74. The van der Waals surface area contributed by atoms with E-state index in [4.69, 9.17) is 9.73 Å². The van der Waals surface area contributed by atoms with E-state index < -0.39 is 0 Å². The largest absolute Gasteiger partial charge is 0.378 e. The molecule has 2 rings (SSSR count). The number of guanidine groups is 1. The molecule has 25 heavy (non-hydrogen) atoms. The van der Waals surface area contributed by atoms with Gasteiger partial charge in [0.2, 0.25) is 0 Å². The first kappa shape index (κ1) is 22.0. The van der Waals surface area contributed by atoms with Crippen LogP contribution in [0, 0.1) is 0 Å². The van der Waals surface area contributed by atoms with Gasteiger partial charge < -0.3 is 19.9 Å². The summed E-state index contributed by atoms with van der Waals surface area (Å²) in [6, 6.07) is 4.11. The van der Waals surface area contributed by atoms with Crippen molar-refractivity contribution in [2.24, 2.45) is 4.99 Å². The number of hydrogen-bond acceptors (Lipinski definition) is 4. The Balaban J connectivity index is 0.00000312. The van der Waals surface area contributed by atoms with E-state index in [1.165, 1.54) is 18.4 Å². The minimum absolute atomic E-state index is 0. The van der Waals surface area contributed by atoms with Gasteiger partial charge >= 0.3 is 0 Å². The molecule has 0 unspecified atom stereocenters. The SMILES string of the molecule is CCCCN(C)C(=NCc1cccnc1N1CCOCC1)NCC.I. The van der Waals surface area contributed by atoms with Crippen LogP contribution < -0.4 is 10.2 Å². The number of aromatic nitrogens is 1. The number of nitrogens with one attached hydrogen (secondary N) is 1. The number of pyridine rings is 1. The molecule has 1 aromatic heterocycles. The summed E-state index contributed by atoms with van der Waals surface area (Å²) in [5.74, 6) is 2.00. The highest BCUT2D eigenvalue weighted by atomic mass is 127. The minimum Gasteiger partial charge on any atom is -0.378 e. The van der Waals surface area contributed by atoms with Gasteiger partial charge in [0.1, 0.15) is 5.82 Å². The molecule has 142 valence electrons. The van der Waals surface area contributed by atoms with E-state index in [0.29, 0.717) is 6.54 Å². The molecule has 0 aromatic carbocycles. The third kappa shape index (κ3) is 6.97. The molecule has 1 N–H and O–H groups in total. The van der Waals surface area contributed by atoms with Gasteiger partial charge in [-0.3, -0.25) is 0 Å². The third-order valence-electron chi connectivity index (χ3n) is 4.12. The quantitative estimate of drug-likeness (QED) is 0.385. The lowest BCUT2D eigenvalue weighted by atomic mass is 10.2. The Kier molecular flexibility index (Phi) is 10.8. The Morgan fingerprint density at radius 3 is 2.80 bits per heavy atom. The second kappa shape index (κ2) is 12.3. The molecule has 0 saturated carbocycles. The van der Waals surface area contributed by atoms with Gasteiger partial charge in [0.05, 0.1) is 19.8 Å². The van der Waals surface area contributed by atoms with E-state index >= 15 is 0 Å². The Bertz CT molecular complexity index is 520. The Hall–Kier alpha value is -1.09. The van der Waals surface area contributed by atoms with Crippen LogP contribution in [0.25, 0.3) is 0 Å². The zero-order chi connectivity index (χ0) is 17.2. The van der Waals surface area contributed by atoms with Gasteiger partial charge in [-0.2, -0.15) is 0 Å². The van der Waals surface area contributed by atoms with Crippen molar-refractivity contribution >= 4 is 35.8 Å². The molecule has 1 saturated heterocycles. The summed E-state index contributed by atoms with van der Waals surface area (Å²) in [6.07, 6.45) is 4.22. The van der Waals surface area contributed by atoms with Crippen LogP contribution in [0.15, 0.2) is 23.3 Å². The van der Waals surface area contributed by atoms with E-state index in [2.05, 4.69) is 47.1 Å². The number of nitrogens with zero attached hydrogens (tertiary/aromatic N) is 4. The molecule has 6 nitrogen and oxygen atoms in total. The zero-order valence-corrected chi connectivity index (χ0v) is 18.0. The number of rotatable bonds is 7. The van der Waals surface area contributed by atoms with Crippen molar-refractivity contribution < 1.29 is 4.74 Å². The van der Waals surface area contributed by atoms with Gasteiger partial charge in [0.15, 0.2) is 5.96 Å². The molecule has 2 heterocycles. The smallest absolute Gasteiger partial charge is 0.193 e. The summed E-state index contributed by atoms with van der Waals surface area (Å²) in [7, 11) is 2.10. The van der Waals surface area contributed by atoms with Gasteiger partial charge in [-0.25, -0.2) is 9.98 Å². The molecule has 0 aliphatic carbocycles. The van der Waals surface area contributed by atoms with Gasteiger partial charge in [-0.05, 0) is 19.4 Å². The molecule has 7 heteroatoms. The van der Waals surface area contributed by atoms with Crippen molar-refractivity contribution in [1.29, 1.82) is 0 Å². The molecule has 0 radical (unpaired) electrons. The second-order valence-electron chi connectivity index (χ2n) is 6.03. The van der Waals surface area contributed by atoms with Crippen molar-refractivity contribution in [3.63, 3.8) is 0 Å². The first-order chi connectivity index (χ1) is 11.8. The van der Waals surface area contributed by atoms with Crippen LogP contribution in [0.3, 0.4) is 0 Å². The van der Waals surface area contributed by atoms with Crippen LogP contribution in [0.2, 0.25) is 0 Å². The predicted octanol–water partition coefficient (Wildman–Crippen LogP) is 2.73. The fraction of sp³-hybridized carbons (Fsp3) is 0.667. The van der Waals surface area contributed by atoms with Gasteiger partial charge in [0.25, 0.3) is 0 Å². The number of unbranched alkanes of at least 4 members (excludes halogenated alkanes) is 1. The highest BCUT2D eigenvalue weighted by Crippen LogP contribution is 2.19. The van der Waals surface area contributed by atoms with Gasteiger partial charge in [-0.1, -0.05) is 19.4 Å². The topological polar surface area (TPSA) is 53.0 Å². The summed E-state index contributed by atoms with van der Waals surface area (Å²) in [5.41, 5.74) is 1.17. The monoisotopic (exact) mass is 461 g/mol. The molecule has 0 spiro atoms.